The standard InChI is InChI=1S/C12H18N4S/c1-16(2)10(11-4-3-7-17-11)8-13-9-12-14-5-6-15-12/h3-7,10,13H,8-9H2,1-2H3,(H,14,15). The van der Waals surface area contributed by atoms with Gasteiger partial charge in [-0.2, -0.15) is 0 Å². The molecule has 0 saturated heterocycles. The van der Waals surface area contributed by atoms with Crippen LogP contribution < -0.4 is 5.32 Å². The summed E-state index contributed by atoms with van der Waals surface area (Å²) in [5.41, 5.74) is 0. The number of likely N-dealkylation sites (N-methyl/N-ethyl adjacent to an activating group) is 1. The van der Waals surface area contributed by atoms with Crippen LogP contribution in [0.25, 0.3) is 0 Å². The molecule has 1 atom stereocenters. The van der Waals surface area contributed by atoms with Crippen molar-refractivity contribution in [3.05, 3.63) is 40.6 Å². The Morgan fingerprint density at radius 3 is 3.00 bits per heavy atom. The third-order valence-electron chi connectivity index (χ3n) is 2.68. The number of hydrogen-bond acceptors (Lipinski definition) is 4. The summed E-state index contributed by atoms with van der Waals surface area (Å²) in [7, 11) is 4.22. The number of rotatable bonds is 6. The van der Waals surface area contributed by atoms with Gasteiger partial charge in [-0.3, -0.25) is 0 Å². The quantitative estimate of drug-likeness (QED) is 0.822. The van der Waals surface area contributed by atoms with Gasteiger partial charge >= 0.3 is 0 Å². The Balaban J connectivity index is 1.86. The number of aromatic nitrogens is 2. The number of H-pyrrole nitrogens is 1. The first kappa shape index (κ1) is 12.3. The van der Waals surface area contributed by atoms with Gasteiger partial charge in [-0.1, -0.05) is 6.07 Å². The van der Waals surface area contributed by atoms with Crippen molar-refractivity contribution >= 4 is 11.3 Å². The molecule has 0 aromatic carbocycles. The van der Waals surface area contributed by atoms with Crippen LogP contribution in [-0.4, -0.2) is 35.5 Å². The highest BCUT2D eigenvalue weighted by atomic mass is 32.1. The van der Waals surface area contributed by atoms with Crippen molar-refractivity contribution in [2.75, 3.05) is 20.6 Å². The highest BCUT2D eigenvalue weighted by Crippen LogP contribution is 2.22. The smallest absolute Gasteiger partial charge is 0.120 e. The van der Waals surface area contributed by atoms with Crippen molar-refractivity contribution in [1.82, 2.24) is 20.2 Å². The zero-order valence-electron chi connectivity index (χ0n) is 10.2. The molecule has 0 fully saturated rings. The lowest BCUT2D eigenvalue weighted by Crippen LogP contribution is -2.30. The summed E-state index contributed by atoms with van der Waals surface area (Å²) in [5.74, 6) is 0.980. The van der Waals surface area contributed by atoms with E-state index >= 15 is 0 Å². The predicted octanol–water partition coefficient (Wildman–Crippen LogP) is 1.86. The van der Waals surface area contributed by atoms with E-state index in [0.29, 0.717) is 6.04 Å². The molecule has 17 heavy (non-hydrogen) atoms. The summed E-state index contributed by atoms with van der Waals surface area (Å²) in [4.78, 5) is 10.9. The third kappa shape index (κ3) is 3.39. The molecule has 0 saturated carbocycles. The third-order valence-corrected chi connectivity index (χ3v) is 3.65. The van der Waals surface area contributed by atoms with Gasteiger partial charge in [0.2, 0.25) is 0 Å². The van der Waals surface area contributed by atoms with Gasteiger partial charge in [0, 0.05) is 23.8 Å². The summed E-state index contributed by atoms with van der Waals surface area (Å²) in [6, 6.07) is 4.71. The highest BCUT2D eigenvalue weighted by Gasteiger charge is 2.14. The van der Waals surface area contributed by atoms with Crippen LogP contribution in [0.5, 0.6) is 0 Å². The van der Waals surface area contributed by atoms with Crippen LogP contribution in [0.3, 0.4) is 0 Å². The van der Waals surface area contributed by atoms with Crippen molar-refractivity contribution in [3.63, 3.8) is 0 Å². The predicted molar refractivity (Wildman–Crippen MR) is 71.0 cm³/mol. The maximum Gasteiger partial charge on any atom is 0.120 e. The Labute approximate surface area is 106 Å². The van der Waals surface area contributed by atoms with E-state index in [2.05, 4.69) is 51.8 Å². The highest BCUT2D eigenvalue weighted by molar-refractivity contribution is 7.10. The normalized spacial score (nSPS) is 13.1. The number of imidazole rings is 1. The number of aromatic amines is 1. The lowest BCUT2D eigenvalue weighted by atomic mass is 10.2. The zero-order valence-corrected chi connectivity index (χ0v) is 11.0. The van der Waals surface area contributed by atoms with Gasteiger partial charge in [0.25, 0.3) is 0 Å². The van der Waals surface area contributed by atoms with Gasteiger partial charge in [0.1, 0.15) is 5.82 Å². The van der Waals surface area contributed by atoms with E-state index in [9.17, 15) is 0 Å². The van der Waals surface area contributed by atoms with Crippen LogP contribution in [0.4, 0.5) is 0 Å². The maximum atomic E-state index is 4.19. The van der Waals surface area contributed by atoms with E-state index in [1.54, 1.807) is 17.5 Å². The molecule has 2 heterocycles. The van der Waals surface area contributed by atoms with Crippen molar-refractivity contribution in [2.24, 2.45) is 0 Å². The average Bonchev–Trinajstić information content (AvgIpc) is 2.96. The van der Waals surface area contributed by atoms with Crippen LogP contribution in [-0.2, 0) is 6.54 Å². The zero-order chi connectivity index (χ0) is 12.1. The molecule has 0 aliphatic carbocycles. The molecule has 4 nitrogen and oxygen atoms in total. The molecule has 2 rings (SSSR count). The van der Waals surface area contributed by atoms with E-state index in [1.807, 2.05) is 6.20 Å². The Bertz CT molecular complexity index is 408. The second-order valence-corrected chi connectivity index (χ2v) is 5.14. The van der Waals surface area contributed by atoms with E-state index in [-0.39, 0.29) is 0 Å². The lowest BCUT2D eigenvalue weighted by Gasteiger charge is -2.23. The first-order valence-corrected chi connectivity index (χ1v) is 6.54. The largest absolute Gasteiger partial charge is 0.348 e. The van der Waals surface area contributed by atoms with Gasteiger partial charge in [-0.25, -0.2) is 4.98 Å². The van der Waals surface area contributed by atoms with Crippen molar-refractivity contribution < 1.29 is 0 Å². The fourth-order valence-electron chi connectivity index (χ4n) is 1.74. The maximum absolute atomic E-state index is 4.19. The molecule has 1 unspecified atom stereocenters. The van der Waals surface area contributed by atoms with Gasteiger partial charge in [0.05, 0.1) is 12.6 Å². The summed E-state index contributed by atoms with van der Waals surface area (Å²) in [5, 5.41) is 5.55. The van der Waals surface area contributed by atoms with Gasteiger partial charge in [-0.15, -0.1) is 11.3 Å². The molecule has 2 aromatic heterocycles. The minimum atomic E-state index is 0.421. The van der Waals surface area contributed by atoms with Crippen LogP contribution >= 0.6 is 11.3 Å². The number of thiophene rings is 1. The van der Waals surface area contributed by atoms with Gasteiger partial charge in [0.15, 0.2) is 0 Å². The number of nitrogens with zero attached hydrogens (tertiary/aromatic N) is 2. The second kappa shape index (κ2) is 5.95. The summed E-state index contributed by atoms with van der Waals surface area (Å²) >= 11 is 1.80. The monoisotopic (exact) mass is 250 g/mol. The molecule has 0 bridgehead atoms. The van der Waals surface area contributed by atoms with Crippen molar-refractivity contribution in [3.8, 4) is 0 Å². The van der Waals surface area contributed by atoms with E-state index in [0.717, 1.165) is 18.9 Å². The number of hydrogen-bond donors (Lipinski definition) is 2. The Kier molecular flexibility index (Phi) is 4.30. The molecule has 0 radical (unpaired) electrons. The SMILES string of the molecule is CN(C)C(CNCc1ncc[nH]1)c1cccs1. The van der Waals surface area contributed by atoms with Crippen LogP contribution in [0, 0.1) is 0 Å². The Morgan fingerprint density at radius 2 is 2.41 bits per heavy atom. The molecule has 0 amide bonds. The first-order chi connectivity index (χ1) is 8.27. The Morgan fingerprint density at radius 1 is 1.53 bits per heavy atom. The van der Waals surface area contributed by atoms with Gasteiger partial charge < -0.3 is 15.2 Å². The first-order valence-electron chi connectivity index (χ1n) is 5.66. The van der Waals surface area contributed by atoms with Crippen LogP contribution in [0.1, 0.15) is 16.7 Å². The summed E-state index contributed by atoms with van der Waals surface area (Å²) in [6.45, 7) is 1.71. The number of nitrogens with one attached hydrogen (secondary N) is 2. The van der Waals surface area contributed by atoms with E-state index < -0.39 is 0 Å². The molecule has 92 valence electrons. The minimum absolute atomic E-state index is 0.421. The second-order valence-electron chi connectivity index (χ2n) is 4.16. The Hall–Kier alpha value is -1.17. The van der Waals surface area contributed by atoms with Crippen molar-refractivity contribution in [2.45, 2.75) is 12.6 Å². The fourth-order valence-corrected chi connectivity index (χ4v) is 2.66. The van der Waals surface area contributed by atoms with Crippen molar-refractivity contribution in [1.29, 1.82) is 0 Å². The molecule has 5 heteroatoms. The minimum Gasteiger partial charge on any atom is -0.348 e. The molecule has 0 aliphatic heterocycles. The topological polar surface area (TPSA) is 44.0 Å². The van der Waals surface area contributed by atoms with Gasteiger partial charge in [-0.05, 0) is 25.5 Å². The molecule has 0 spiro atoms. The van der Waals surface area contributed by atoms with E-state index in [1.165, 1.54) is 4.88 Å². The lowest BCUT2D eigenvalue weighted by molar-refractivity contribution is 0.292. The molecule has 0 aliphatic rings. The molecule has 2 aromatic rings. The fraction of sp³-hybridized carbons (Fsp3) is 0.417. The van der Waals surface area contributed by atoms with Crippen LogP contribution in [0.2, 0.25) is 0 Å². The molecular weight excluding hydrogens is 232 g/mol. The van der Waals surface area contributed by atoms with E-state index in [4.69, 9.17) is 0 Å². The molecular formula is C12H18N4S. The molecule has 2 N–H and O–H groups in total. The summed E-state index contributed by atoms with van der Waals surface area (Å²) in [6.07, 6.45) is 3.62. The van der Waals surface area contributed by atoms with Crippen LogP contribution in [0.15, 0.2) is 29.9 Å². The average molecular weight is 250 g/mol. The summed E-state index contributed by atoms with van der Waals surface area (Å²) < 4.78 is 0.